The van der Waals surface area contributed by atoms with Crippen LogP contribution in [0.2, 0.25) is 15.1 Å². The van der Waals surface area contributed by atoms with Crippen LogP contribution in [0.1, 0.15) is 38.3 Å². The maximum Gasteiger partial charge on any atom is 0.417 e. The number of carbonyl (C=O) groups excluding carboxylic acids is 2. The van der Waals surface area contributed by atoms with E-state index in [0.717, 1.165) is 12.1 Å². The first kappa shape index (κ1) is 34.5. The quantitative estimate of drug-likeness (QED) is 0.233. The lowest BCUT2D eigenvalue weighted by Crippen LogP contribution is -2.53. The lowest BCUT2D eigenvalue weighted by atomic mass is 10.1. The molecule has 0 fully saturated rings. The highest BCUT2D eigenvalue weighted by atomic mass is 35.5. The van der Waals surface area contributed by atoms with Crippen molar-refractivity contribution in [3.05, 3.63) is 92.9 Å². The van der Waals surface area contributed by atoms with Crippen molar-refractivity contribution in [1.29, 1.82) is 0 Å². The van der Waals surface area contributed by atoms with Gasteiger partial charge in [-0.1, -0.05) is 66.0 Å². The summed E-state index contributed by atoms with van der Waals surface area (Å²) in [5.41, 5.74) is -1.23. The lowest BCUT2D eigenvalue weighted by Gasteiger charge is -2.33. The Morgan fingerprint density at radius 2 is 1.53 bits per heavy atom. The fourth-order valence-electron chi connectivity index (χ4n) is 4.27. The third kappa shape index (κ3) is 8.56. The molecular formula is C29H29Cl3F3N3O4S. The largest absolute Gasteiger partial charge is 0.417 e. The van der Waals surface area contributed by atoms with Gasteiger partial charge in [0.05, 0.1) is 31.2 Å². The van der Waals surface area contributed by atoms with Gasteiger partial charge in [-0.25, -0.2) is 8.42 Å². The van der Waals surface area contributed by atoms with Crippen molar-refractivity contribution < 1.29 is 31.2 Å². The van der Waals surface area contributed by atoms with Crippen molar-refractivity contribution in [3.63, 3.8) is 0 Å². The number of benzene rings is 3. The van der Waals surface area contributed by atoms with E-state index in [0.29, 0.717) is 15.9 Å². The number of anilines is 1. The summed E-state index contributed by atoms with van der Waals surface area (Å²) in [6, 6.07) is 12.8. The molecule has 3 rings (SSSR count). The Balaban J connectivity index is 2.15. The molecule has 1 atom stereocenters. The van der Waals surface area contributed by atoms with Crippen LogP contribution in [-0.4, -0.2) is 43.8 Å². The number of sulfonamides is 1. The number of amides is 2. The minimum atomic E-state index is -4.90. The van der Waals surface area contributed by atoms with Crippen molar-refractivity contribution in [2.45, 2.75) is 56.9 Å². The van der Waals surface area contributed by atoms with Crippen LogP contribution in [0.25, 0.3) is 0 Å². The van der Waals surface area contributed by atoms with Gasteiger partial charge >= 0.3 is 6.18 Å². The van der Waals surface area contributed by atoms with E-state index >= 15 is 0 Å². The molecule has 3 aromatic carbocycles. The van der Waals surface area contributed by atoms with Crippen LogP contribution in [0.3, 0.4) is 0 Å². The Bertz CT molecular complexity index is 1570. The summed E-state index contributed by atoms with van der Waals surface area (Å²) in [5, 5.41) is 2.57. The van der Waals surface area contributed by atoms with Gasteiger partial charge in [-0.3, -0.25) is 13.9 Å². The molecule has 0 saturated heterocycles. The van der Waals surface area contributed by atoms with Crippen LogP contribution in [0.5, 0.6) is 0 Å². The highest BCUT2D eigenvalue weighted by Gasteiger charge is 2.37. The van der Waals surface area contributed by atoms with Gasteiger partial charge < -0.3 is 10.2 Å². The van der Waals surface area contributed by atoms with Crippen LogP contribution in [-0.2, 0) is 32.3 Å². The van der Waals surface area contributed by atoms with Crippen molar-refractivity contribution in [3.8, 4) is 0 Å². The van der Waals surface area contributed by atoms with E-state index in [1.165, 1.54) is 41.3 Å². The zero-order valence-corrected chi connectivity index (χ0v) is 26.4. The molecule has 43 heavy (non-hydrogen) atoms. The van der Waals surface area contributed by atoms with Gasteiger partial charge in [0, 0.05) is 12.6 Å². The molecule has 0 bridgehead atoms. The maximum absolute atomic E-state index is 14.0. The minimum Gasteiger partial charge on any atom is -0.352 e. The molecule has 7 nitrogen and oxygen atoms in total. The van der Waals surface area contributed by atoms with E-state index in [4.69, 9.17) is 34.8 Å². The van der Waals surface area contributed by atoms with E-state index in [-0.39, 0.29) is 33.9 Å². The maximum atomic E-state index is 14.0. The molecule has 0 aliphatic carbocycles. The van der Waals surface area contributed by atoms with Crippen molar-refractivity contribution >= 4 is 62.3 Å². The lowest BCUT2D eigenvalue weighted by molar-refractivity contribution is -0.140. The average Bonchev–Trinajstić information content (AvgIpc) is 2.93. The zero-order valence-electron chi connectivity index (χ0n) is 23.3. The summed E-state index contributed by atoms with van der Waals surface area (Å²) in [6.07, 6.45) is -4.75. The fraction of sp³-hybridized carbons (Fsp3) is 0.310. The number of hydrogen-bond donors (Lipinski definition) is 1. The molecule has 0 spiro atoms. The second-order valence-corrected chi connectivity index (χ2v) is 12.9. The molecule has 2 amide bonds. The molecule has 0 aromatic heterocycles. The Morgan fingerprint density at radius 1 is 0.907 bits per heavy atom. The Kier molecular flexibility index (Phi) is 11.4. The number of nitrogens with one attached hydrogen (secondary N) is 1. The van der Waals surface area contributed by atoms with Gasteiger partial charge in [-0.05, 0) is 68.3 Å². The molecule has 3 aromatic rings. The van der Waals surface area contributed by atoms with Crippen LogP contribution < -0.4 is 9.62 Å². The van der Waals surface area contributed by atoms with Crippen molar-refractivity contribution in [2.24, 2.45) is 0 Å². The number of halogens is 6. The third-order valence-electron chi connectivity index (χ3n) is 6.31. The number of rotatable bonds is 11. The molecule has 0 aliphatic rings. The number of alkyl halides is 3. The molecular weight excluding hydrogens is 650 g/mol. The van der Waals surface area contributed by atoms with Crippen molar-refractivity contribution in [1.82, 2.24) is 10.2 Å². The van der Waals surface area contributed by atoms with Gasteiger partial charge in [0.1, 0.15) is 12.6 Å². The van der Waals surface area contributed by atoms with Gasteiger partial charge in [-0.2, -0.15) is 13.2 Å². The highest BCUT2D eigenvalue weighted by molar-refractivity contribution is 7.92. The average molecular weight is 679 g/mol. The van der Waals surface area contributed by atoms with Crippen LogP contribution in [0.4, 0.5) is 18.9 Å². The zero-order chi connectivity index (χ0) is 32.1. The normalized spacial score (nSPS) is 12.6. The fourth-order valence-corrected chi connectivity index (χ4v) is 6.24. The molecule has 0 saturated carbocycles. The standard InChI is InChI=1S/C29H29Cl3F3N3O4S/c1-4-26(28(40)36-18(2)3)37(16-19-10-12-24(31)25(32)14-19)27(39)17-38(43(41,42)21-8-6-5-7-9-21)20-11-13-23(30)22(15-20)29(33,34)35/h5-15,18,26H,4,16-17H2,1-3H3,(H,36,40). The second-order valence-electron chi connectivity index (χ2n) is 9.84. The van der Waals surface area contributed by atoms with Gasteiger partial charge in [0.25, 0.3) is 10.0 Å². The summed E-state index contributed by atoms with van der Waals surface area (Å²) in [6.45, 7) is 4.05. The first-order valence-electron chi connectivity index (χ1n) is 13.0. The summed E-state index contributed by atoms with van der Waals surface area (Å²) < 4.78 is 69.5. The number of nitrogens with zero attached hydrogens (tertiary/aromatic N) is 2. The summed E-state index contributed by atoms with van der Waals surface area (Å²) in [7, 11) is -4.58. The summed E-state index contributed by atoms with van der Waals surface area (Å²) >= 11 is 18.0. The molecule has 0 aliphatic heterocycles. The summed E-state index contributed by atoms with van der Waals surface area (Å²) in [4.78, 5) is 28.1. The van der Waals surface area contributed by atoms with E-state index in [1.54, 1.807) is 32.9 Å². The SMILES string of the molecule is CCC(C(=O)NC(C)C)N(Cc1ccc(Cl)c(Cl)c1)C(=O)CN(c1ccc(Cl)c(C(F)(F)F)c1)S(=O)(=O)c1ccccc1. The van der Waals surface area contributed by atoms with Crippen LogP contribution >= 0.6 is 34.8 Å². The number of hydrogen-bond acceptors (Lipinski definition) is 4. The topological polar surface area (TPSA) is 86.8 Å². The predicted octanol–water partition coefficient (Wildman–Crippen LogP) is 7.19. The third-order valence-corrected chi connectivity index (χ3v) is 9.16. The summed E-state index contributed by atoms with van der Waals surface area (Å²) in [5.74, 6) is -1.34. The van der Waals surface area contributed by atoms with Crippen LogP contribution in [0, 0.1) is 0 Å². The first-order chi connectivity index (χ1) is 20.1. The number of carbonyl (C=O) groups is 2. The van der Waals surface area contributed by atoms with Gasteiger partial charge in [-0.15, -0.1) is 0 Å². The Labute approximate surface area is 263 Å². The van der Waals surface area contributed by atoms with Crippen LogP contribution in [0.15, 0.2) is 71.6 Å². The predicted molar refractivity (Wildman–Crippen MR) is 162 cm³/mol. The molecule has 14 heteroatoms. The molecule has 232 valence electrons. The second kappa shape index (κ2) is 14.2. The first-order valence-corrected chi connectivity index (χ1v) is 15.6. The Morgan fingerprint density at radius 3 is 2.09 bits per heavy atom. The van der Waals surface area contributed by atoms with E-state index in [2.05, 4.69) is 5.32 Å². The highest BCUT2D eigenvalue weighted by Crippen LogP contribution is 2.38. The van der Waals surface area contributed by atoms with E-state index in [9.17, 15) is 31.2 Å². The monoisotopic (exact) mass is 677 g/mol. The van der Waals surface area contributed by atoms with Gasteiger partial charge in [0.2, 0.25) is 11.8 Å². The van der Waals surface area contributed by atoms with Crippen molar-refractivity contribution in [2.75, 3.05) is 10.8 Å². The van der Waals surface area contributed by atoms with E-state index in [1.807, 2.05) is 0 Å². The molecule has 0 radical (unpaired) electrons. The minimum absolute atomic E-state index is 0.149. The van der Waals surface area contributed by atoms with Gasteiger partial charge in [0.15, 0.2) is 0 Å². The molecule has 0 heterocycles. The smallest absolute Gasteiger partial charge is 0.352 e. The molecule has 1 N–H and O–H groups in total. The Hall–Kier alpha value is -2.99. The van der Waals surface area contributed by atoms with E-state index < -0.39 is 56.9 Å². The molecule has 1 unspecified atom stereocenters.